The summed E-state index contributed by atoms with van der Waals surface area (Å²) in [5.41, 5.74) is -1.55. The first-order chi connectivity index (χ1) is 4.58. The van der Waals surface area contributed by atoms with Crippen molar-refractivity contribution in [2.75, 3.05) is 6.61 Å². The van der Waals surface area contributed by atoms with E-state index in [4.69, 9.17) is 15.3 Å². The lowest BCUT2D eigenvalue weighted by Crippen LogP contribution is -2.51. The number of rotatable bonds is 2. The fourth-order valence-corrected chi connectivity index (χ4v) is 1.20. The highest BCUT2D eigenvalue weighted by Gasteiger charge is 2.48. The molecule has 0 heterocycles. The van der Waals surface area contributed by atoms with Crippen molar-refractivity contribution in [1.29, 1.82) is 0 Å². The lowest BCUT2D eigenvalue weighted by Gasteiger charge is -2.38. The highest BCUT2D eigenvalue weighted by Crippen LogP contribution is 2.37. The largest absolute Gasteiger partial charge is 0.479 e. The van der Waals surface area contributed by atoms with E-state index in [9.17, 15) is 4.79 Å². The first-order valence-corrected chi connectivity index (χ1v) is 3.15. The molecule has 0 saturated heterocycles. The SMILES string of the molecule is O=C(O)C1(O)CC(CO)C1. The van der Waals surface area contributed by atoms with Crippen molar-refractivity contribution in [3.63, 3.8) is 0 Å². The van der Waals surface area contributed by atoms with Crippen molar-refractivity contribution in [2.24, 2.45) is 5.92 Å². The van der Waals surface area contributed by atoms with Gasteiger partial charge in [-0.3, -0.25) is 0 Å². The Kier molecular flexibility index (Phi) is 1.66. The summed E-state index contributed by atoms with van der Waals surface area (Å²) in [5.74, 6) is -1.21. The van der Waals surface area contributed by atoms with Crippen molar-refractivity contribution >= 4 is 5.97 Å². The van der Waals surface area contributed by atoms with Gasteiger partial charge in [-0.25, -0.2) is 4.79 Å². The predicted octanol–water partition coefficient (Wildman–Crippen LogP) is -0.796. The maximum Gasteiger partial charge on any atom is 0.335 e. The van der Waals surface area contributed by atoms with Gasteiger partial charge >= 0.3 is 5.97 Å². The fraction of sp³-hybridized carbons (Fsp3) is 0.833. The zero-order valence-corrected chi connectivity index (χ0v) is 5.45. The zero-order valence-electron chi connectivity index (χ0n) is 5.45. The Hall–Kier alpha value is -0.610. The van der Waals surface area contributed by atoms with E-state index in [-0.39, 0.29) is 25.4 Å². The third-order valence-electron chi connectivity index (χ3n) is 1.91. The lowest BCUT2D eigenvalue weighted by molar-refractivity contribution is -0.176. The van der Waals surface area contributed by atoms with Crippen LogP contribution in [-0.4, -0.2) is 33.5 Å². The van der Waals surface area contributed by atoms with Gasteiger partial charge in [0.2, 0.25) is 0 Å². The molecule has 0 aromatic heterocycles. The Balaban J connectivity index is 2.42. The molecule has 0 amide bonds. The molecule has 1 aliphatic rings. The molecule has 1 saturated carbocycles. The highest BCUT2D eigenvalue weighted by atomic mass is 16.4. The van der Waals surface area contributed by atoms with Crippen LogP contribution < -0.4 is 0 Å². The molecular formula is C6H10O4. The number of aliphatic carboxylic acids is 1. The topological polar surface area (TPSA) is 77.8 Å². The van der Waals surface area contributed by atoms with E-state index in [2.05, 4.69) is 0 Å². The van der Waals surface area contributed by atoms with Crippen LogP contribution >= 0.6 is 0 Å². The average Bonchev–Trinajstić information content (AvgIpc) is 1.80. The summed E-state index contributed by atoms with van der Waals surface area (Å²) in [5, 5.41) is 25.9. The second-order valence-electron chi connectivity index (χ2n) is 2.79. The molecule has 0 aliphatic heterocycles. The molecule has 1 rings (SSSR count). The van der Waals surface area contributed by atoms with E-state index >= 15 is 0 Å². The number of hydrogen-bond donors (Lipinski definition) is 3. The minimum Gasteiger partial charge on any atom is -0.479 e. The molecule has 3 N–H and O–H groups in total. The Bertz CT molecular complexity index is 148. The second-order valence-corrected chi connectivity index (χ2v) is 2.79. The summed E-state index contributed by atoms with van der Waals surface area (Å²) < 4.78 is 0. The van der Waals surface area contributed by atoms with E-state index in [0.717, 1.165) is 0 Å². The standard InChI is InChI=1S/C6H10O4/c7-3-4-1-6(10,2-4)5(8)9/h4,7,10H,1-3H2,(H,8,9). The molecule has 4 heteroatoms. The molecule has 1 aliphatic carbocycles. The van der Waals surface area contributed by atoms with Gasteiger partial charge in [0, 0.05) is 6.61 Å². The quantitative estimate of drug-likeness (QED) is 0.477. The first kappa shape index (κ1) is 7.50. The van der Waals surface area contributed by atoms with Gasteiger partial charge in [0.15, 0.2) is 5.60 Å². The number of hydrogen-bond acceptors (Lipinski definition) is 3. The summed E-state index contributed by atoms with van der Waals surface area (Å²) in [4.78, 5) is 10.2. The molecular weight excluding hydrogens is 136 g/mol. The third-order valence-corrected chi connectivity index (χ3v) is 1.91. The number of carboxylic acid groups (broad SMARTS) is 1. The molecule has 0 aromatic rings. The molecule has 58 valence electrons. The van der Waals surface area contributed by atoms with Crippen molar-refractivity contribution in [3.05, 3.63) is 0 Å². The minimum atomic E-state index is -1.55. The molecule has 0 unspecified atom stereocenters. The maximum absolute atomic E-state index is 10.2. The molecule has 10 heavy (non-hydrogen) atoms. The lowest BCUT2D eigenvalue weighted by atomic mass is 9.71. The summed E-state index contributed by atoms with van der Waals surface area (Å²) in [6, 6.07) is 0. The van der Waals surface area contributed by atoms with Crippen molar-refractivity contribution in [1.82, 2.24) is 0 Å². The number of carbonyl (C=O) groups is 1. The molecule has 0 atom stereocenters. The second kappa shape index (κ2) is 2.21. The predicted molar refractivity (Wildman–Crippen MR) is 32.4 cm³/mol. The molecule has 0 radical (unpaired) electrons. The Morgan fingerprint density at radius 3 is 2.40 bits per heavy atom. The molecule has 0 spiro atoms. The normalized spacial score (nSPS) is 38.8. The van der Waals surface area contributed by atoms with E-state index in [1.54, 1.807) is 0 Å². The molecule has 1 fully saturated rings. The molecule has 0 aromatic carbocycles. The molecule has 4 nitrogen and oxygen atoms in total. The van der Waals surface area contributed by atoms with Gasteiger partial charge in [-0.15, -0.1) is 0 Å². The van der Waals surface area contributed by atoms with Crippen LogP contribution in [-0.2, 0) is 4.79 Å². The monoisotopic (exact) mass is 146 g/mol. The van der Waals surface area contributed by atoms with Crippen molar-refractivity contribution < 1.29 is 20.1 Å². The van der Waals surface area contributed by atoms with Gasteiger partial charge in [0.05, 0.1) is 0 Å². The van der Waals surface area contributed by atoms with E-state index in [1.807, 2.05) is 0 Å². The van der Waals surface area contributed by atoms with Crippen molar-refractivity contribution in [2.45, 2.75) is 18.4 Å². The third kappa shape index (κ3) is 0.998. The number of aliphatic hydroxyl groups excluding tert-OH is 1. The van der Waals surface area contributed by atoms with Crippen LogP contribution in [0, 0.1) is 5.92 Å². The maximum atomic E-state index is 10.2. The van der Waals surface area contributed by atoms with Gasteiger partial charge in [-0.1, -0.05) is 0 Å². The summed E-state index contributed by atoms with van der Waals surface area (Å²) >= 11 is 0. The Morgan fingerprint density at radius 1 is 1.60 bits per heavy atom. The summed E-state index contributed by atoms with van der Waals surface area (Å²) in [6.45, 7) is -0.0322. The van der Waals surface area contributed by atoms with Gasteiger partial charge < -0.3 is 15.3 Å². The van der Waals surface area contributed by atoms with Crippen LogP contribution in [0.2, 0.25) is 0 Å². The minimum absolute atomic E-state index is 0.0268. The van der Waals surface area contributed by atoms with Crippen LogP contribution in [0.1, 0.15) is 12.8 Å². The van der Waals surface area contributed by atoms with E-state index in [0.29, 0.717) is 0 Å². The van der Waals surface area contributed by atoms with Crippen LogP contribution in [0.4, 0.5) is 0 Å². The average molecular weight is 146 g/mol. The van der Waals surface area contributed by atoms with Crippen LogP contribution in [0.3, 0.4) is 0 Å². The van der Waals surface area contributed by atoms with Crippen LogP contribution in [0.15, 0.2) is 0 Å². The Morgan fingerprint density at radius 2 is 2.10 bits per heavy atom. The van der Waals surface area contributed by atoms with Crippen molar-refractivity contribution in [3.8, 4) is 0 Å². The van der Waals surface area contributed by atoms with Gasteiger partial charge in [0.1, 0.15) is 0 Å². The van der Waals surface area contributed by atoms with Gasteiger partial charge in [0.25, 0.3) is 0 Å². The fourth-order valence-electron chi connectivity index (χ4n) is 1.20. The number of carboxylic acids is 1. The first-order valence-electron chi connectivity index (χ1n) is 3.15. The number of aliphatic hydroxyl groups is 2. The Labute approximate surface area is 58.1 Å². The van der Waals surface area contributed by atoms with Gasteiger partial charge in [-0.2, -0.15) is 0 Å². The van der Waals surface area contributed by atoms with E-state index in [1.165, 1.54) is 0 Å². The highest BCUT2D eigenvalue weighted by molar-refractivity contribution is 5.78. The van der Waals surface area contributed by atoms with Crippen LogP contribution in [0.5, 0.6) is 0 Å². The van der Waals surface area contributed by atoms with E-state index < -0.39 is 11.6 Å². The zero-order chi connectivity index (χ0) is 7.78. The summed E-state index contributed by atoms with van der Waals surface area (Å²) in [6.07, 6.45) is 0.359. The smallest absolute Gasteiger partial charge is 0.335 e. The van der Waals surface area contributed by atoms with Gasteiger partial charge in [-0.05, 0) is 18.8 Å². The molecule has 0 bridgehead atoms. The summed E-state index contributed by atoms with van der Waals surface area (Å²) in [7, 11) is 0. The van der Waals surface area contributed by atoms with Crippen LogP contribution in [0.25, 0.3) is 0 Å².